The van der Waals surface area contributed by atoms with E-state index in [4.69, 9.17) is 0 Å². The van der Waals surface area contributed by atoms with Crippen molar-refractivity contribution in [3.8, 4) is 0 Å². The molecule has 5 nitrogen and oxygen atoms in total. The molecule has 0 aromatic heterocycles. The van der Waals surface area contributed by atoms with Gasteiger partial charge < -0.3 is 9.80 Å². The Morgan fingerprint density at radius 2 is 1.65 bits per heavy atom. The van der Waals surface area contributed by atoms with Crippen LogP contribution in [0.5, 0.6) is 0 Å². The maximum absolute atomic E-state index is 12.3. The summed E-state index contributed by atoms with van der Waals surface area (Å²) < 4.78 is 26.5. The van der Waals surface area contributed by atoms with E-state index in [9.17, 15) is 8.42 Å². The summed E-state index contributed by atoms with van der Waals surface area (Å²) >= 11 is 0. The zero-order valence-corrected chi connectivity index (χ0v) is 15.4. The second-order valence-electron chi connectivity index (χ2n) is 7.78. The van der Waals surface area contributed by atoms with Crippen molar-refractivity contribution in [2.45, 2.75) is 51.0 Å². The predicted molar refractivity (Wildman–Crippen MR) is 94.0 cm³/mol. The van der Waals surface area contributed by atoms with Crippen molar-refractivity contribution < 1.29 is 8.42 Å². The van der Waals surface area contributed by atoms with Gasteiger partial charge in [-0.05, 0) is 64.1 Å². The SMILES string of the molecule is CS(=O)(=O)N(CCN1CCCCC1)C1CCCN(CC2CC2)C1. The summed E-state index contributed by atoms with van der Waals surface area (Å²) in [5.74, 6) is 0.883. The van der Waals surface area contributed by atoms with E-state index < -0.39 is 10.0 Å². The minimum absolute atomic E-state index is 0.183. The lowest BCUT2D eigenvalue weighted by molar-refractivity contribution is 0.131. The minimum Gasteiger partial charge on any atom is -0.302 e. The normalized spacial score (nSPS) is 28.3. The fourth-order valence-electron chi connectivity index (χ4n) is 4.14. The van der Waals surface area contributed by atoms with Gasteiger partial charge in [0.25, 0.3) is 0 Å². The van der Waals surface area contributed by atoms with Crippen molar-refractivity contribution in [3.05, 3.63) is 0 Å². The average Bonchev–Trinajstić information content (AvgIpc) is 3.31. The van der Waals surface area contributed by atoms with E-state index in [-0.39, 0.29) is 6.04 Å². The molecular weight excluding hydrogens is 310 g/mol. The summed E-state index contributed by atoms with van der Waals surface area (Å²) in [7, 11) is -3.12. The third-order valence-electron chi connectivity index (χ3n) is 5.61. The summed E-state index contributed by atoms with van der Waals surface area (Å²) in [6.45, 7) is 7.10. The zero-order chi connectivity index (χ0) is 16.3. The Bertz CT molecular complexity index is 472. The molecule has 0 radical (unpaired) electrons. The molecule has 23 heavy (non-hydrogen) atoms. The fraction of sp³-hybridized carbons (Fsp3) is 1.00. The lowest BCUT2D eigenvalue weighted by Gasteiger charge is -2.39. The highest BCUT2D eigenvalue weighted by atomic mass is 32.2. The fourth-order valence-corrected chi connectivity index (χ4v) is 5.27. The highest BCUT2D eigenvalue weighted by molar-refractivity contribution is 7.88. The molecule has 134 valence electrons. The predicted octanol–water partition coefficient (Wildman–Crippen LogP) is 1.61. The van der Waals surface area contributed by atoms with Crippen LogP contribution in [-0.2, 0) is 10.0 Å². The van der Waals surface area contributed by atoms with Crippen molar-refractivity contribution in [2.75, 3.05) is 52.1 Å². The maximum atomic E-state index is 12.3. The zero-order valence-electron chi connectivity index (χ0n) is 14.6. The molecule has 2 heterocycles. The van der Waals surface area contributed by atoms with Crippen LogP contribution in [0.25, 0.3) is 0 Å². The minimum atomic E-state index is -3.12. The molecule has 0 amide bonds. The van der Waals surface area contributed by atoms with Crippen LogP contribution < -0.4 is 0 Å². The van der Waals surface area contributed by atoms with E-state index in [1.807, 2.05) is 0 Å². The van der Waals surface area contributed by atoms with E-state index in [1.54, 1.807) is 4.31 Å². The largest absolute Gasteiger partial charge is 0.302 e. The van der Waals surface area contributed by atoms with Crippen LogP contribution in [0, 0.1) is 5.92 Å². The van der Waals surface area contributed by atoms with Crippen molar-refractivity contribution in [3.63, 3.8) is 0 Å². The lowest BCUT2D eigenvalue weighted by atomic mass is 10.1. The lowest BCUT2D eigenvalue weighted by Crippen LogP contribution is -2.52. The molecule has 0 aromatic carbocycles. The number of likely N-dealkylation sites (tertiary alicyclic amines) is 2. The summed E-state index contributed by atoms with van der Waals surface area (Å²) in [6.07, 6.45) is 10.1. The van der Waals surface area contributed by atoms with Gasteiger partial charge in [0.15, 0.2) is 0 Å². The Labute approximate surface area is 142 Å². The van der Waals surface area contributed by atoms with Gasteiger partial charge in [-0.3, -0.25) is 0 Å². The van der Waals surface area contributed by atoms with Crippen LogP contribution in [0.3, 0.4) is 0 Å². The number of hydrogen-bond donors (Lipinski definition) is 0. The van der Waals surface area contributed by atoms with Gasteiger partial charge in [-0.1, -0.05) is 6.42 Å². The quantitative estimate of drug-likeness (QED) is 0.704. The molecule has 1 aliphatic carbocycles. The summed E-state index contributed by atoms with van der Waals surface area (Å²) in [6, 6.07) is 0.183. The first-order valence-electron chi connectivity index (χ1n) is 9.44. The number of sulfonamides is 1. The molecule has 3 aliphatic rings. The molecule has 6 heteroatoms. The van der Waals surface area contributed by atoms with Crippen molar-refractivity contribution in [1.29, 1.82) is 0 Å². The van der Waals surface area contributed by atoms with Crippen molar-refractivity contribution >= 4 is 10.0 Å². The van der Waals surface area contributed by atoms with Gasteiger partial charge in [0.1, 0.15) is 0 Å². The third-order valence-corrected chi connectivity index (χ3v) is 6.95. The van der Waals surface area contributed by atoms with Gasteiger partial charge in [0.05, 0.1) is 6.26 Å². The first-order valence-corrected chi connectivity index (χ1v) is 11.3. The Hall–Kier alpha value is -0.170. The molecule has 2 saturated heterocycles. The van der Waals surface area contributed by atoms with Crippen LogP contribution in [-0.4, -0.2) is 80.6 Å². The standard InChI is InChI=1S/C17H33N3O2S/c1-23(21,22)20(13-12-18-9-3-2-4-10-18)17-6-5-11-19(15-17)14-16-7-8-16/h16-17H,2-15H2,1H3. The highest BCUT2D eigenvalue weighted by Gasteiger charge is 2.33. The Balaban J connectivity index is 1.56. The molecule has 0 bridgehead atoms. The monoisotopic (exact) mass is 343 g/mol. The highest BCUT2D eigenvalue weighted by Crippen LogP contribution is 2.31. The molecule has 0 aromatic rings. The molecule has 3 rings (SSSR count). The van der Waals surface area contributed by atoms with Gasteiger partial charge >= 0.3 is 0 Å². The molecule has 1 atom stereocenters. The summed E-state index contributed by atoms with van der Waals surface area (Å²) in [5, 5.41) is 0. The van der Waals surface area contributed by atoms with Crippen LogP contribution in [0.4, 0.5) is 0 Å². The van der Waals surface area contributed by atoms with Gasteiger partial charge in [-0.15, -0.1) is 0 Å². The van der Waals surface area contributed by atoms with Crippen LogP contribution in [0.1, 0.15) is 44.9 Å². The number of rotatable bonds is 7. The van der Waals surface area contributed by atoms with Crippen LogP contribution >= 0.6 is 0 Å². The third kappa shape index (κ3) is 5.41. The van der Waals surface area contributed by atoms with Crippen LogP contribution in [0.15, 0.2) is 0 Å². The van der Waals surface area contributed by atoms with E-state index in [2.05, 4.69) is 9.80 Å². The van der Waals surface area contributed by atoms with E-state index in [0.717, 1.165) is 51.5 Å². The van der Waals surface area contributed by atoms with Gasteiger partial charge in [-0.2, -0.15) is 4.31 Å². The first-order chi connectivity index (χ1) is 11.0. The molecule has 3 fully saturated rings. The maximum Gasteiger partial charge on any atom is 0.211 e. The van der Waals surface area contributed by atoms with Gasteiger partial charge in [-0.25, -0.2) is 8.42 Å². The van der Waals surface area contributed by atoms with E-state index >= 15 is 0 Å². The second kappa shape index (κ2) is 7.81. The number of hydrogen-bond acceptors (Lipinski definition) is 4. The Morgan fingerprint density at radius 1 is 0.957 bits per heavy atom. The number of nitrogens with zero attached hydrogens (tertiary/aromatic N) is 3. The molecule has 2 aliphatic heterocycles. The molecule has 1 unspecified atom stereocenters. The molecular formula is C17H33N3O2S. The smallest absolute Gasteiger partial charge is 0.211 e. The molecule has 1 saturated carbocycles. The van der Waals surface area contributed by atoms with E-state index in [1.165, 1.54) is 44.9 Å². The van der Waals surface area contributed by atoms with Gasteiger partial charge in [0, 0.05) is 32.2 Å². The van der Waals surface area contributed by atoms with E-state index in [0.29, 0.717) is 6.54 Å². The van der Waals surface area contributed by atoms with Gasteiger partial charge in [0.2, 0.25) is 10.0 Å². The molecule has 0 N–H and O–H groups in total. The molecule has 0 spiro atoms. The Kier molecular flexibility index (Phi) is 5.99. The summed E-state index contributed by atoms with van der Waals surface area (Å²) in [4.78, 5) is 4.94. The van der Waals surface area contributed by atoms with Crippen molar-refractivity contribution in [1.82, 2.24) is 14.1 Å². The first kappa shape index (κ1) is 17.6. The Morgan fingerprint density at radius 3 is 2.30 bits per heavy atom. The topological polar surface area (TPSA) is 43.9 Å². The summed E-state index contributed by atoms with van der Waals surface area (Å²) in [5.41, 5.74) is 0. The second-order valence-corrected chi connectivity index (χ2v) is 9.71. The van der Waals surface area contributed by atoms with Crippen molar-refractivity contribution in [2.24, 2.45) is 5.92 Å². The van der Waals surface area contributed by atoms with Crippen LogP contribution in [0.2, 0.25) is 0 Å². The average molecular weight is 344 g/mol. The number of piperidine rings is 2.